The number of nitrogens with zero attached hydrogens (tertiary/aromatic N) is 1. The van der Waals surface area contributed by atoms with Gasteiger partial charge in [0.25, 0.3) is 0 Å². The van der Waals surface area contributed by atoms with Gasteiger partial charge < -0.3 is 42.8 Å². The van der Waals surface area contributed by atoms with Crippen molar-refractivity contribution in [2.75, 3.05) is 39.4 Å². The molecule has 0 atom stereocenters. The van der Waals surface area contributed by atoms with Crippen LogP contribution in [0.25, 0.3) is 0 Å². The van der Waals surface area contributed by atoms with Gasteiger partial charge in [-0.2, -0.15) is 0 Å². The molecule has 2 heterocycles. The summed E-state index contributed by atoms with van der Waals surface area (Å²) in [6.07, 6.45) is 12.4. The van der Waals surface area contributed by atoms with Crippen LogP contribution in [-0.2, 0) is 9.47 Å². The molecule has 4 rings (SSSR count). The van der Waals surface area contributed by atoms with E-state index >= 15 is 0 Å². The van der Waals surface area contributed by atoms with Gasteiger partial charge in [0.05, 0.1) is 50.5 Å². The molecule has 2 N–H and O–H groups in total. The topological polar surface area (TPSA) is 130 Å². The van der Waals surface area contributed by atoms with Crippen LogP contribution in [0.15, 0.2) is 24.3 Å². The molecule has 0 aromatic heterocycles. The van der Waals surface area contributed by atoms with E-state index in [-0.39, 0.29) is 58.8 Å². The smallest absolute Gasteiger partial charge is 0.609 e. The van der Waals surface area contributed by atoms with Crippen LogP contribution in [-0.4, -0.2) is 73.0 Å². The fraction of sp³-hybridized carbons (Fsp3) is 0.611. The molecule has 268 valence electrons. The average Bonchev–Trinajstić information content (AvgIpc) is 3.64. The molecule has 0 aliphatic carbocycles. The fourth-order valence-corrected chi connectivity index (χ4v) is 5.77. The largest absolute Gasteiger partial charge is 0.777 e. The average molecular weight is 674 g/mol. The summed E-state index contributed by atoms with van der Waals surface area (Å²) < 4.78 is 33.9. The van der Waals surface area contributed by atoms with Crippen LogP contribution in [0, 0.1) is 0 Å². The molecule has 0 fully saturated rings. The number of carbonyl (C=O) groups excluding carboxylic acids is 2. The van der Waals surface area contributed by atoms with Crippen molar-refractivity contribution in [3.8, 4) is 34.5 Å². The lowest BCUT2D eigenvalue weighted by Crippen LogP contribution is -2.54. The summed E-state index contributed by atoms with van der Waals surface area (Å²) in [5.41, 5.74) is 0.112. The fourth-order valence-electron chi connectivity index (χ4n) is 5.77. The van der Waals surface area contributed by atoms with Crippen molar-refractivity contribution in [2.45, 2.75) is 106 Å². The van der Waals surface area contributed by atoms with E-state index in [0.717, 1.165) is 0 Å². The van der Waals surface area contributed by atoms with E-state index in [9.17, 15) is 19.8 Å². The zero-order chi connectivity index (χ0) is 35.2. The molecule has 48 heavy (non-hydrogen) atoms. The minimum absolute atomic E-state index is 0.00155. The lowest BCUT2D eigenvalue weighted by Gasteiger charge is -2.39. The summed E-state index contributed by atoms with van der Waals surface area (Å²) >= 11 is 0. The lowest BCUT2D eigenvalue weighted by atomic mass is 10.1. The predicted molar refractivity (Wildman–Crippen MR) is 185 cm³/mol. The molecular weight excluding hydrogens is 617 g/mol. The normalized spacial score (nSPS) is 13.6. The van der Waals surface area contributed by atoms with Gasteiger partial charge in [0, 0.05) is 0 Å². The summed E-state index contributed by atoms with van der Waals surface area (Å²) in [5.74, 6) is -2.23. The Balaban J connectivity index is 0.000000315. The SMILES string of the molecule is CCCC[N+](CCCC)(CCCC)CCCC.CCCOC(=O)c1cc(O)c2c(c1)O[B-]1(Oc3cc(C(=O)OCCC)cc(O)c3O1)O2. The highest BCUT2D eigenvalue weighted by Gasteiger charge is 2.53. The van der Waals surface area contributed by atoms with Crippen molar-refractivity contribution >= 4 is 18.9 Å². The maximum absolute atomic E-state index is 12.1. The van der Waals surface area contributed by atoms with E-state index in [1.165, 1.54) is 106 Å². The maximum atomic E-state index is 12.1. The number of hydrogen-bond donors (Lipinski definition) is 2. The van der Waals surface area contributed by atoms with Gasteiger partial charge in [0.1, 0.15) is 11.5 Å². The number of carbonyl (C=O) groups is 2. The predicted octanol–water partition coefficient (Wildman–Crippen LogP) is 7.91. The lowest BCUT2D eigenvalue weighted by molar-refractivity contribution is -0.929. The van der Waals surface area contributed by atoms with Crippen molar-refractivity contribution in [1.82, 2.24) is 0 Å². The first-order valence-electron chi connectivity index (χ1n) is 17.9. The van der Waals surface area contributed by atoms with Crippen LogP contribution in [0.4, 0.5) is 0 Å². The molecule has 11 nitrogen and oxygen atoms in total. The molecule has 0 amide bonds. The van der Waals surface area contributed by atoms with Crippen LogP contribution in [0.5, 0.6) is 34.5 Å². The molecule has 1 spiro atoms. The Morgan fingerprint density at radius 2 is 0.938 bits per heavy atom. The quantitative estimate of drug-likeness (QED) is 0.0915. The molecule has 12 heteroatoms. The number of unbranched alkanes of at least 4 members (excludes halogenated alkanes) is 4. The zero-order valence-corrected chi connectivity index (χ0v) is 29.8. The highest BCUT2D eigenvalue weighted by molar-refractivity contribution is 6.59. The number of phenols is 2. The van der Waals surface area contributed by atoms with Gasteiger partial charge in [-0.3, -0.25) is 0 Å². The number of aromatic hydroxyl groups is 2. The second kappa shape index (κ2) is 18.7. The highest BCUT2D eigenvalue weighted by Crippen LogP contribution is 2.52. The van der Waals surface area contributed by atoms with Crippen LogP contribution >= 0.6 is 0 Å². The van der Waals surface area contributed by atoms with Crippen molar-refractivity contribution in [1.29, 1.82) is 0 Å². The number of rotatable bonds is 18. The summed E-state index contributed by atoms with van der Waals surface area (Å²) in [5, 5.41) is 20.6. The number of hydrogen-bond acceptors (Lipinski definition) is 10. The summed E-state index contributed by atoms with van der Waals surface area (Å²) in [6, 6.07) is 5.01. The second-order valence-electron chi connectivity index (χ2n) is 12.6. The van der Waals surface area contributed by atoms with Crippen molar-refractivity contribution in [3.05, 3.63) is 35.4 Å². The Hall–Kier alpha value is -3.80. The summed E-state index contributed by atoms with van der Waals surface area (Å²) in [6.45, 7) is 16.2. The molecule has 0 saturated heterocycles. The number of fused-ring (bicyclic) bond motifs is 2. The van der Waals surface area contributed by atoms with Crippen LogP contribution in [0.1, 0.15) is 126 Å². The van der Waals surface area contributed by atoms with Gasteiger partial charge in [-0.05, 0) is 62.8 Å². The first-order chi connectivity index (χ1) is 23.1. The van der Waals surface area contributed by atoms with E-state index in [2.05, 4.69) is 27.7 Å². The van der Waals surface area contributed by atoms with Gasteiger partial charge in [-0.1, -0.05) is 67.2 Å². The van der Waals surface area contributed by atoms with E-state index < -0.39 is 18.9 Å². The number of benzene rings is 2. The molecule has 0 radical (unpaired) electrons. The number of quaternary nitrogens is 1. The third-order valence-electron chi connectivity index (χ3n) is 8.43. The molecule has 2 aromatic rings. The van der Waals surface area contributed by atoms with Gasteiger partial charge in [0.2, 0.25) is 0 Å². The third-order valence-corrected chi connectivity index (χ3v) is 8.43. The van der Waals surface area contributed by atoms with Gasteiger partial charge in [-0.15, -0.1) is 0 Å². The van der Waals surface area contributed by atoms with Crippen molar-refractivity contribution in [2.24, 2.45) is 0 Å². The van der Waals surface area contributed by atoms with Crippen molar-refractivity contribution in [3.63, 3.8) is 0 Å². The monoisotopic (exact) mass is 673 g/mol. The summed E-state index contributed by atoms with van der Waals surface area (Å²) in [4.78, 5) is 24.2. The number of phenolic OH excluding ortho intramolecular Hbond substituents is 2. The Bertz CT molecular complexity index is 1230. The Labute approximate surface area is 286 Å². The van der Waals surface area contributed by atoms with Gasteiger partial charge in [0.15, 0.2) is 23.0 Å². The van der Waals surface area contributed by atoms with Crippen molar-refractivity contribution < 1.29 is 52.4 Å². The van der Waals surface area contributed by atoms with Crippen LogP contribution in [0.2, 0.25) is 0 Å². The third kappa shape index (κ3) is 10.1. The Kier molecular flexibility index (Phi) is 15.0. The molecule has 0 unspecified atom stereocenters. The minimum Gasteiger partial charge on any atom is -0.609 e. The first-order valence-corrected chi connectivity index (χ1v) is 17.9. The number of ether oxygens (including phenoxy) is 2. The van der Waals surface area contributed by atoms with Crippen LogP contribution < -0.4 is 18.6 Å². The molecule has 0 bridgehead atoms. The molecular formula is C36H56BNO10. The van der Waals surface area contributed by atoms with Gasteiger partial charge >= 0.3 is 18.9 Å². The molecule has 2 aliphatic rings. The standard InChI is InChI=1S/C20H20BO10.C16H36N/c1-3-5-26-19(24)11-7-13(22)17-15(9-11)28-21(30-17)29-16-10-12(20(25)27-6-4-2)8-14(23)18(16)31-21;1-5-9-13-17(14-10-6-2,15-11-7-3)16-12-8-4/h7-10,22-23H,3-6H2,1-2H3;5-16H2,1-4H3/q-1;+1. The Morgan fingerprint density at radius 3 is 1.25 bits per heavy atom. The van der Waals surface area contributed by atoms with E-state index in [1.807, 2.05) is 13.8 Å². The van der Waals surface area contributed by atoms with Crippen LogP contribution in [0.3, 0.4) is 0 Å². The number of esters is 2. The van der Waals surface area contributed by atoms with E-state index in [4.69, 9.17) is 28.1 Å². The van der Waals surface area contributed by atoms with Gasteiger partial charge in [-0.25, -0.2) is 9.59 Å². The van der Waals surface area contributed by atoms with E-state index in [0.29, 0.717) is 12.8 Å². The zero-order valence-electron chi connectivity index (χ0n) is 29.8. The summed E-state index contributed by atoms with van der Waals surface area (Å²) in [7, 11) is 0. The maximum Gasteiger partial charge on any atom is 0.777 e. The minimum atomic E-state index is -2.97. The van der Waals surface area contributed by atoms with E-state index in [1.54, 1.807) is 0 Å². The highest BCUT2D eigenvalue weighted by atomic mass is 16.9. The Morgan fingerprint density at radius 1 is 0.583 bits per heavy atom. The molecule has 0 saturated carbocycles. The molecule has 2 aliphatic heterocycles. The first kappa shape index (κ1) is 38.7. The second-order valence-corrected chi connectivity index (χ2v) is 12.6. The molecule has 2 aromatic carbocycles.